The van der Waals surface area contributed by atoms with Crippen LogP contribution in [0.5, 0.6) is 0 Å². The molecule has 14 heavy (non-hydrogen) atoms. The Morgan fingerprint density at radius 1 is 1.50 bits per heavy atom. The van der Waals surface area contributed by atoms with Gasteiger partial charge in [0.05, 0.1) is 0 Å². The highest BCUT2D eigenvalue weighted by molar-refractivity contribution is 7.84. The molecule has 0 radical (unpaired) electrons. The van der Waals surface area contributed by atoms with E-state index in [0.29, 0.717) is 5.75 Å². The highest BCUT2D eigenvalue weighted by atomic mass is 32.2. The standard InChI is InChI=1S/C10H16N2OS/c1-9(8-14(2)13)12-7-10-3-5-11-6-4-10/h3-6,9,12H,7-8H2,1-2H3. The smallest absolute Gasteiger partial charge is 0.0383 e. The molecule has 1 aromatic rings. The zero-order valence-corrected chi connectivity index (χ0v) is 9.38. The van der Waals surface area contributed by atoms with Crippen molar-refractivity contribution in [2.75, 3.05) is 12.0 Å². The van der Waals surface area contributed by atoms with Crippen LogP contribution in [0.4, 0.5) is 0 Å². The third-order valence-electron chi connectivity index (χ3n) is 1.89. The third kappa shape index (κ3) is 4.48. The summed E-state index contributed by atoms with van der Waals surface area (Å²) in [4.78, 5) is 3.94. The van der Waals surface area contributed by atoms with E-state index in [1.165, 1.54) is 5.56 Å². The van der Waals surface area contributed by atoms with Crippen LogP contribution in [0.25, 0.3) is 0 Å². The molecule has 0 saturated heterocycles. The summed E-state index contributed by atoms with van der Waals surface area (Å²) in [7, 11) is -0.728. The molecule has 0 saturated carbocycles. The third-order valence-corrected chi connectivity index (χ3v) is 2.86. The Kier molecular flexibility index (Phi) is 4.76. The van der Waals surface area contributed by atoms with Crippen molar-refractivity contribution < 1.29 is 4.21 Å². The number of rotatable bonds is 5. The van der Waals surface area contributed by atoms with Crippen LogP contribution in [0.2, 0.25) is 0 Å². The summed E-state index contributed by atoms with van der Waals surface area (Å²) < 4.78 is 10.9. The zero-order chi connectivity index (χ0) is 10.4. The Morgan fingerprint density at radius 2 is 2.14 bits per heavy atom. The summed E-state index contributed by atoms with van der Waals surface area (Å²) in [6.45, 7) is 2.85. The number of nitrogens with one attached hydrogen (secondary N) is 1. The van der Waals surface area contributed by atoms with Gasteiger partial charge in [0.2, 0.25) is 0 Å². The predicted molar refractivity (Wildman–Crippen MR) is 59.5 cm³/mol. The van der Waals surface area contributed by atoms with Crippen LogP contribution in [0.1, 0.15) is 12.5 Å². The fourth-order valence-electron chi connectivity index (χ4n) is 1.20. The van der Waals surface area contributed by atoms with Crippen molar-refractivity contribution >= 4 is 10.8 Å². The Morgan fingerprint density at radius 3 is 2.71 bits per heavy atom. The first kappa shape index (κ1) is 11.3. The molecule has 0 bridgehead atoms. The molecule has 0 aromatic carbocycles. The Balaban J connectivity index is 2.30. The van der Waals surface area contributed by atoms with Gasteiger partial charge in [0.1, 0.15) is 0 Å². The number of aromatic nitrogens is 1. The second-order valence-corrected chi connectivity index (χ2v) is 4.86. The maximum absolute atomic E-state index is 10.9. The quantitative estimate of drug-likeness (QED) is 0.790. The highest BCUT2D eigenvalue weighted by Crippen LogP contribution is 1.96. The molecule has 0 aliphatic carbocycles. The molecular formula is C10H16N2OS. The van der Waals surface area contributed by atoms with Gasteiger partial charge in [0.15, 0.2) is 0 Å². The van der Waals surface area contributed by atoms with E-state index in [0.717, 1.165) is 6.54 Å². The summed E-state index contributed by atoms with van der Waals surface area (Å²) in [6.07, 6.45) is 5.28. The van der Waals surface area contributed by atoms with Gasteiger partial charge in [0.25, 0.3) is 0 Å². The van der Waals surface area contributed by atoms with Gasteiger partial charge in [-0.15, -0.1) is 0 Å². The number of hydrogen-bond donors (Lipinski definition) is 1. The average molecular weight is 212 g/mol. The molecule has 0 aliphatic rings. The van der Waals surface area contributed by atoms with Crippen LogP contribution in [0, 0.1) is 0 Å². The second-order valence-electron chi connectivity index (χ2n) is 3.38. The molecule has 0 amide bonds. The number of pyridine rings is 1. The molecule has 1 rings (SSSR count). The van der Waals surface area contributed by atoms with E-state index >= 15 is 0 Å². The lowest BCUT2D eigenvalue weighted by atomic mass is 10.2. The molecule has 3 nitrogen and oxygen atoms in total. The van der Waals surface area contributed by atoms with Crippen molar-refractivity contribution in [2.24, 2.45) is 0 Å². The van der Waals surface area contributed by atoms with Gasteiger partial charge in [-0.1, -0.05) is 0 Å². The van der Waals surface area contributed by atoms with Gasteiger partial charge in [-0.25, -0.2) is 0 Å². The zero-order valence-electron chi connectivity index (χ0n) is 8.56. The van der Waals surface area contributed by atoms with E-state index in [-0.39, 0.29) is 6.04 Å². The van der Waals surface area contributed by atoms with E-state index in [4.69, 9.17) is 0 Å². The van der Waals surface area contributed by atoms with E-state index in [1.54, 1.807) is 18.6 Å². The van der Waals surface area contributed by atoms with Crippen molar-refractivity contribution in [3.05, 3.63) is 30.1 Å². The predicted octanol–water partition coefficient (Wildman–Crippen LogP) is 0.938. The minimum Gasteiger partial charge on any atom is -0.309 e. The van der Waals surface area contributed by atoms with Crippen LogP contribution >= 0.6 is 0 Å². The van der Waals surface area contributed by atoms with Crippen LogP contribution < -0.4 is 5.32 Å². The van der Waals surface area contributed by atoms with Gasteiger partial charge in [-0.05, 0) is 24.6 Å². The lowest BCUT2D eigenvalue weighted by molar-refractivity contribution is 0.587. The monoisotopic (exact) mass is 212 g/mol. The van der Waals surface area contributed by atoms with E-state index in [2.05, 4.69) is 10.3 Å². The molecule has 1 N–H and O–H groups in total. The van der Waals surface area contributed by atoms with E-state index < -0.39 is 10.8 Å². The molecule has 0 spiro atoms. The Bertz CT molecular complexity index is 289. The SMILES string of the molecule is CC(CS(C)=O)NCc1ccncc1. The Labute approximate surface area is 87.4 Å². The van der Waals surface area contributed by atoms with Gasteiger partial charge >= 0.3 is 0 Å². The first-order chi connectivity index (χ1) is 6.68. The fraction of sp³-hybridized carbons (Fsp3) is 0.500. The summed E-state index contributed by atoms with van der Waals surface area (Å²) in [5, 5.41) is 3.31. The van der Waals surface area contributed by atoms with Crippen molar-refractivity contribution in [1.29, 1.82) is 0 Å². The fourth-order valence-corrected chi connectivity index (χ4v) is 2.03. The summed E-state index contributed by atoms with van der Waals surface area (Å²) in [5.74, 6) is 0.699. The van der Waals surface area contributed by atoms with Gasteiger partial charge < -0.3 is 5.32 Å². The van der Waals surface area contributed by atoms with Gasteiger partial charge in [0, 0.05) is 47.8 Å². The second kappa shape index (κ2) is 5.88. The van der Waals surface area contributed by atoms with E-state index in [1.807, 2.05) is 19.1 Å². The first-order valence-corrected chi connectivity index (χ1v) is 6.33. The molecule has 1 aromatic heterocycles. The minimum absolute atomic E-state index is 0.286. The maximum Gasteiger partial charge on any atom is 0.0383 e. The summed E-state index contributed by atoms with van der Waals surface area (Å²) in [5.41, 5.74) is 1.20. The van der Waals surface area contributed by atoms with Crippen LogP contribution in [0.3, 0.4) is 0 Å². The van der Waals surface area contributed by atoms with Crippen LogP contribution in [-0.4, -0.2) is 27.2 Å². The molecule has 0 aliphatic heterocycles. The van der Waals surface area contributed by atoms with E-state index in [9.17, 15) is 4.21 Å². The van der Waals surface area contributed by atoms with Crippen molar-refractivity contribution in [3.8, 4) is 0 Å². The molecule has 2 atom stereocenters. The largest absolute Gasteiger partial charge is 0.309 e. The van der Waals surface area contributed by atoms with Crippen molar-refractivity contribution in [1.82, 2.24) is 10.3 Å². The minimum atomic E-state index is -0.728. The molecule has 0 fully saturated rings. The first-order valence-electron chi connectivity index (χ1n) is 4.61. The summed E-state index contributed by atoms with van der Waals surface area (Å²) in [6, 6.07) is 4.24. The maximum atomic E-state index is 10.9. The Hall–Kier alpha value is -0.740. The molecule has 2 unspecified atom stereocenters. The highest BCUT2D eigenvalue weighted by Gasteiger charge is 2.02. The van der Waals surface area contributed by atoms with Crippen molar-refractivity contribution in [3.63, 3.8) is 0 Å². The lowest BCUT2D eigenvalue weighted by Gasteiger charge is -2.11. The van der Waals surface area contributed by atoms with Crippen LogP contribution in [0.15, 0.2) is 24.5 Å². The number of hydrogen-bond acceptors (Lipinski definition) is 3. The summed E-state index contributed by atoms with van der Waals surface area (Å²) >= 11 is 0. The normalized spacial score (nSPS) is 15.0. The molecule has 78 valence electrons. The van der Waals surface area contributed by atoms with Gasteiger partial charge in [-0.3, -0.25) is 9.19 Å². The van der Waals surface area contributed by atoms with Crippen LogP contribution in [-0.2, 0) is 17.3 Å². The number of nitrogens with zero attached hydrogens (tertiary/aromatic N) is 1. The topological polar surface area (TPSA) is 42.0 Å². The molecular weight excluding hydrogens is 196 g/mol. The molecule has 1 heterocycles. The van der Waals surface area contributed by atoms with Crippen molar-refractivity contribution in [2.45, 2.75) is 19.5 Å². The molecule has 4 heteroatoms. The average Bonchev–Trinajstić information content (AvgIpc) is 2.15. The lowest BCUT2D eigenvalue weighted by Crippen LogP contribution is -2.30. The van der Waals surface area contributed by atoms with Gasteiger partial charge in [-0.2, -0.15) is 0 Å².